The van der Waals surface area contributed by atoms with E-state index >= 15 is 0 Å². The van der Waals surface area contributed by atoms with Gasteiger partial charge in [-0.15, -0.1) is 24.2 Å². The topological polar surface area (TPSA) is 56.4 Å². The third-order valence-corrected chi connectivity index (χ3v) is 2.61. The summed E-state index contributed by atoms with van der Waals surface area (Å²) < 4.78 is 0. The van der Waals surface area contributed by atoms with E-state index < -0.39 is 0 Å². The Hall–Kier alpha value is 0.723. The minimum Gasteiger partial charge on any atom is -0.660 e. The van der Waals surface area contributed by atoms with Gasteiger partial charge in [0.2, 0.25) is 0 Å². The van der Waals surface area contributed by atoms with Gasteiger partial charge in [0.15, 0.2) is 0 Å². The minimum absolute atomic E-state index is 0. The van der Waals surface area contributed by atoms with Crippen molar-refractivity contribution in [3.05, 3.63) is 21.3 Å². The second-order valence-corrected chi connectivity index (χ2v) is 6.71. The number of rotatable bonds is 12. The van der Waals surface area contributed by atoms with E-state index in [9.17, 15) is 0 Å². The second-order valence-electron chi connectivity index (χ2n) is 6.71. The number of nitrogens with zero attached hydrogens (tertiary/aromatic N) is 4. The molecule has 0 aromatic heterocycles. The molecule has 0 heterocycles. The fraction of sp³-hybridized carbons (Fsp3) is 1.00. The van der Waals surface area contributed by atoms with E-state index in [0.29, 0.717) is 24.2 Å². The van der Waals surface area contributed by atoms with E-state index in [1.165, 1.54) is 0 Å². The molecular formula is C18H40N4Zr. The Bertz CT molecular complexity index is 167. The van der Waals surface area contributed by atoms with Gasteiger partial charge in [-0.3, -0.25) is 0 Å². The Kier molecular flexibility index (Phi) is 25.8. The van der Waals surface area contributed by atoms with Crippen LogP contribution in [0.3, 0.4) is 0 Å². The molecule has 0 aromatic carbocycles. The van der Waals surface area contributed by atoms with Gasteiger partial charge in [0, 0.05) is 0 Å². The van der Waals surface area contributed by atoms with Crippen molar-refractivity contribution in [3.8, 4) is 0 Å². The summed E-state index contributed by atoms with van der Waals surface area (Å²) in [5.41, 5.74) is 0. The summed E-state index contributed by atoms with van der Waals surface area (Å²) in [6.07, 6.45) is 2.22. The molecule has 136 valence electrons. The molecule has 5 heteroatoms. The summed E-state index contributed by atoms with van der Waals surface area (Å²) in [5, 5.41) is 17.4. The van der Waals surface area contributed by atoms with Crippen molar-refractivity contribution in [3.63, 3.8) is 0 Å². The maximum atomic E-state index is 4.36. The summed E-state index contributed by atoms with van der Waals surface area (Å²) in [6, 6.07) is 1.92. The zero-order valence-corrected chi connectivity index (χ0v) is 19.3. The SMILES string of the molecule is CC(C)[N-]CCC[N-]C(C)C.CC(C)[N-]CCC[N-]C(C)C.[Zr+4]. The van der Waals surface area contributed by atoms with Crippen LogP contribution in [0, 0.1) is 0 Å². The van der Waals surface area contributed by atoms with Crippen molar-refractivity contribution in [1.82, 2.24) is 0 Å². The molecule has 4 nitrogen and oxygen atoms in total. The van der Waals surface area contributed by atoms with Gasteiger partial charge in [-0.1, -0.05) is 68.2 Å². The predicted molar refractivity (Wildman–Crippen MR) is 103 cm³/mol. The van der Waals surface area contributed by atoms with E-state index in [1.54, 1.807) is 0 Å². The first kappa shape index (κ1) is 28.5. The van der Waals surface area contributed by atoms with Crippen LogP contribution in [0.2, 0.25) is 0 Å². The molecule has 0 aliphatic rings. The third kappa shape index (κ3) is 34.9. The molecule has 0 atom stereocenters. The smallest absolute Gasteiger partial charge is 0.660 e. The Labute approximate surface area is 165 Å². The van der Waals surface area contributed by atoms with E-state index in [0.717, 1.165) is 39.0 Å². The van der Waals surface area contributed by atoms with Crippen molar-refractivity contribution < 1.29 is 26.2 Å². The number of hydrogen-bond donors (Lipinski definition) is 0. The molecule has 0 bridgehead atoms. The maximum absolute atomic E-state index is 4.36. The van der Waals surface area contributed by atoms with Crippen molar-refractivity contribution >= 4 is 0 Å². The van der Waals surface area contributed by atoms with Crippen molar-refractivity contribution in [2.24, 2.45) is 0 Å². The van der Waals surface area contributed by atoms with E-state index in [2.05, 4.69) is 76.7 Å². The predicted octanol–water partition coefficient (Wildman–Crippen LogP) is 5.88. The van der Waals surface area contributed by atoms with E-state index in [1.807, 2.05) is 0 Å². The molecule has 0 aliphatic heterocycles. The van der Waals surface area contributed by atoms with Gasteiger partial charge in [0.25, 0.3) is 0 Å². The standard InChI is InChI=1S/2C9H20N2.Zr/c2*1-8(2)10-6-5-7-11-9(3)4;/h2*8-9H,5-7H2,1-4H3;/q2*-2;+4. The van der Waals surface area contributed by atoms with Gasteiger partial charge in [-0.2, -0.15) is 26.2 Å². The largest absolute Gasteiger partial charge is 4.00 e. The molecule has 0 fully saturated rings. The van der Waals surface area contributed by atoms with Gasteiger partial charge in [0.1, 0.15) is 0 Å². The quantitative estimate of drug-likeness (QED) is 0.365. The molecule has 0 saturated heterocycles. The van der Waals surface area contributed by atoms with Crippen LogP contribution in [0.1, 0.15) is 68.2 Å². The van der Waals surface area contributed by atoms with Crippen molar-refractivity contribution in [2.45, 2.75) is 92.4 Å². The summed E-state index contributed by atoms with van der Waals surface area (Å²) in [6.45, 7) is 20.8. The molecule has 0 N–H and O–H groups in total. The molecule has 23 heavy (non-hydrogen) atoms. The Morgan fingerprint density at radius 1 is 0.435 bits per heavy atom. The van der Waals surface area contributed by atoms with Gasteiger partial charge >= 0.3 is 26.2 Å². The minimum atomic E-state index is 0. The fourth-order valence-corrected chi connectivity index (χ4v) is 1.54. The van der Waals surface area contributed by atoms with Gasteiger partial charge in [0.05, 0.1) is 0 Å². The summed E-state index contributed by atoms with van der Waals surface area (Å²) in [4.78, 5) is 0. The Morgan fingerprint density at radius 2 is 0.609 bits per heavy atom. The molecule has 0 spiro atoms. The molecule has 0 rings (SSSR count). The second kappa shape index (κ2) is 20.8. The Morgan fingerprint density at radius 3 is 0.739 bits per heavy atom. The first-order chi connectivity index (χ1) is 10.3. The average molecular weight is 404 g/mol. The molecule has 0 aromatic rings. The van der Waals surface area contributed by atoms with Crippen LogP contribution in [0.4, 0.5) is 0 Å². The molecule has 0 radical (unpaired) electrons. The molecule has 0 amide bonds. The Balaban J connectivity index is -0.000000333. The molecule has 0 saturated carbocycles. The van der Waals surface area contributed by atoms with Crippen LogP contribution in [0.25, 0.3) is 21.3 Å². The van der Waals surface area contributed by atoms with E-state index in [4.69, 9.17) is 0 Å². The van der Waals surface area contributed by atoms with Crippen LogP contribution in [0.5, 0.6) is 0 Å². The zero-order valence-electron chi connectivity index (χ0n) is 16.8. The third-order valence-electron chi connectivity index (χ3n) is 2.61. The van der Waals surface area contributed by atoms with Crippen molar-refractivity contribution in [2.75, 3.05) is 26.2 Å². The summed E-state index contributed by atoms with van der Waals surface area (Å²) >= 11 is 0. The molecule has 0 aliphatic carbocycles. The summed E-state index contributed by atoms with van der Waals surface area (Å²) in [5.74, 6) is 0. The maximum Gasteiger partial charge on any atom is 4.00 e. The van der Waals surface area contributed by atoms with Crippen LogP contribution < -0.4 is 0 Å². The van der Waals surface area contributed by atoms with E-state index in [-0.39, 0.29) is 26.2 Å². The van der Waals surface area contributed by atoms with Gasteiger partial charge in [-0.05, 0) is 0 Å². The first-order valence-corrected chi connectivity index (χ1v) is 8.92. The first-order valence-electron chi connectivity index (χ1n) is 8.92. The number of hydrogen-bond acceptors (Lipinski definition) is 0. The van der Waals surface area contributed by atoms with Gasteiger partial charge < -0.3 is 21.3 Å². The van der Waals surface area contributed by atoms with Gasteiger partial charge in [-0.25, -0.2) is 0 Å². The van der Waals surface area contributed by atoms with Crippen LogP contribution >= 0.6 is 0 Å². The molecule has 0 unspecified atom stereocenters. The van der Waals surface area contributed by atoms with Crippen LogP contribution in [-0.2, 0) is 26.2 Å². The molecular weight excluding hydrogens is 363 g/mol. The average Bonchev–Trinajstić information content (AvgIpc) is 2.37. The fourth-order valence-electron chi connectivity index (χ4n) is 1.54. The van der Waals surface area contributed by atoms with Crippen LogP contribution in [-0.4, -0.2) is 50.3 Å². The zero-order chi connectivity index (χ0) is 17.4. The van der Waals surface area contributed by atoms with Crippen molar-refractivity contribution in [1.29, 1.82) is 0 Å². The normalized spacial score (nSPS) is 11.0. The summed E-state index contributed by atoms with van der Waals surface area (Å²) in [7, 11) is 0. The van der Waals surface area contributed by atoms with Crippen LogP contribution in [0.15, 0.2) is 0 Å². The monoisotopic (exact) mass is 402 g/mol.